The van der Waals surface area contributed by atoms with Crippen molar-refractivity contribution in [3.05, 3.63) is 53.6 Å². The summed E-state index contributed by atoms with van der Waals surface area (Å²) in [6.07, 6.45) is 5.32. The Hall–Kier alpha value is -2.27. The van der Waals surface area contributed by atoms with Gasteiger partial charge < -0.3 is 4.90 Å². The van der Waals surface area contributed by atoms with Crippen molar-refractivity contribution in [1.29, 1.82) is 0 Å². The van der Waals surface area contributed by atoms with E-state index in [1.54, 1.807) is 6.33 Å². The van der Waals surface area contributed by atoms with Crippen molar-refractivity contribution in [3.8, 4) is 0 Å². The van der Waals surface area contributed by atoms with Gasteiger partial charge in [0, 0.05) is 31.0 Å². The van der Waals surface area contributed by atoms with Crippen LogP contribution in [-0.2, 0) is 24.2 Å². The van der Waals surface area contributed by atoms with Gasteiger partial charge in [-0.3, -0.25) is 9.69 Å². The van der Waals surface area contributed by atoms with Crippen LogP contribution >= 0.6 is 0 Å². The highest BCUT2D eigenvalue weighted by molar-refractivity contribution is 5.99. The van der Waals surface area contributed by atoms with E-state index in [1.807, 2.05) is 30.2 Å². The lowest BCUT2D eigenvalue weighted by atomic mass is 10.0. The first-order chi connectivity index (χ1) is 11.6. The van der Waals surface area contributed by atoms with Gasteiger partial charge in [0.25, 0.3) is 0 Å². The minimum absolute atomic E-state index is 0.151. The Morgan fingerprint density at radius 3 is 3.00 bits per heavy atom. The fraction of sp³-hybridized carbons (Fsp3) is 0.421. The molecule has 2 aliphatic rings. The Kier molecular flexibility index (Phi) is 3.81. The Morgan fingerprint density at radius 2 is 2.12 bits per heavy atom. The number of carbonyl (C=O) groups excluding carboxylic acids is 1. The molecule has 2 aliphatic heterocycles. The lowest BCUT2D eigenvalue weighted by Gasteiger charge is -2.35. The van der Waals surface area contributed by atoms with Crippen molar-refractivity contribution in [2.45, 2.75) is 45.3 Å². The molecule has 3 heterocycles. The van der Waals surface area contributed by atoms with Gasteiger partial charge in [-0.15, -0.1) is 0 Å². The summed E-state index contributed by atoms with van der Waals surface area (Å²) in [5.74, 6) is 0.185. The van der Waals surface area contributed by atoms with E-state index in [-0.39, 0.29) is 18.0 Å². The molecule has 5 heteroatoms. The second-order valence-electron chi connectivity index (χ2n) is 6.78. The second-order valence-corrected chi connectivity index (χ2v) is 6.78. The largest absolute Gasteiger partial charge is 0.308 e. The molecule has 124 valence electrons. The third-order valence-corrected chi connectivity index (χ3v) is 5.25. The van der Waals surface area contributed by atoms with E-state index < -0.39 is 0 Å². The van der Waals surface area contributed by atoms with E-state index in [1.165, 1.54) is 11.1 Å². The number of hydrogen-bond acceptors (Lipinski definition) is 4. The molecule has 1 amide bonds. The number of benzene rings is 1. The number of fused-ring (bicyclic) bond motifs is 2. The molecule has 0 bridgehead atoms. The predicted molar refractivity (Wildman–Crippen MR) is 92.7 cm³/mol. The van der Waals surface area contributed by atoms with E-state index in [0.717, 1.165) is 30.8 Å². The molecule has 2 atom stereocenters. The number of anilines is 1. The van der Waals surface area contributed by atoms with Gasteiger partial charge >= 0.3 is 0 Å². The van der Waals surface area contributed by atoms with Gasteiger partial charge in [-0.25, -0.2) is 9.97 Å². The van der Waals surface area contributed by atoms with Gasteiger partial charge in [-0.05, 0) is 43.9 Å². The molecule has 0 N–H and O–H groups in total. The van der Waals surface area contributed by atoms with Crippen molar-refractivity contribution in [1.82, 2.24) is 14.9 Å². The van der Waals surface area contributed by atoms with E-state index in [4.69, 9.17) is 0 Å². The van der Waals surface area contributed by atoms with Crippen LogP contribution in [0.1, 0.15) is 30.7 Å². The first-order valence-corrected chi connectivity index (χ1v) is 8.58. The van der Waals surface area contributed by atoms with E-state index >= 15 is 0 Å². The zero-order chi connectivity index (χ0) is 16.7. The molecular weight excluding hydrogens is 300 g/mol. The van der Waals surface area contributed by atoms with Gasteiger partial charge in [0.1, 0.15) is 6.33 Å². The molecule has 0 radical (unpaired) electrons. The van der Waals surface area contributed by atoms with Crippen LogP contribution in [0.15, 0.2) is 36.8 Å². The van der Waals surface area contributed by atoms with Crippen LogP contribution in [0.4, 0.5) is 5.69 Å². The average Bonchev–Trinajstić information content (AvgIpc) is 2.95. The second kappa shape index (κ2) is 5.98. The average molecular weight is 322 g/mol. The third-order valence-electron chi connectivity index (χ3n) is 5.25. The minimum atomic E-state index is -0.151. The summed E-state index contributed by atoms with van der Waals surface area (Å²) < 4.78 is 0. The molecule has 5 nitrogen and oxygen atoms in total. The molecule has 0 fully saturated rings. The third kappa shape index (κ3) is 2.49. The monoisotopic (exact) mass is 322 g/mol. The van der Waals surface area contributed by atoms with Crippen LogP contribution in [0.3, 0.4) is 0 Å². The summed E-state index contributed by atoms with van der Waals surface area (Å²) in [5, 5.41) is 0. The van der Waals surface area contributed by atoms with Crippen molar-refractivity contribution >= 4 is 11.6 Å². The topological polar surface area (TPSA) is 49.3 Å². The standard InChI is InChI=1S/C19H22N4O/c1-13-9-15-5-3-4-6-18(15)23(13)19(24)14(2)22-8-7-16-10-20-12-21-17(16)11-22/h3-6,10,12-14H,7-9,11H2,1-2H3. The Balaban J connectivity index is 1.55. The molecule has 0 saturated carbocycles. The van der Waals surface area contributed by atoms with Crippen LogP contribution in [0.25, 0.3) is 0 Å². The molecular formula is C19H22N4O. The molecule has 0 aliphatic carbocycles. The number of carbonyl (C=O) groups is 1. The summed E-state index contributed by atoms with van der Waals surface area (Å²) in [6.45, 7) is 5.73. The molecule has 0 spiro atoms. The maximum Gasteiger partial charge on any atom is 0.244 e. The van der Waals surface area contributed by atoms with Crippen molar-refractivity contribution in [2.75, 3.05) is 11.4 Å². The lowest BCUT2D eigenvalue weighted by molar-refractivity contribution is -0.123. The van der Waals surface area contributed by atoms with Gasteiger partial charge in [-0.1, -0.05) is 18.2 Å². The number of amides is 1. The maximum atomic E-state index is 13.2. The van der Waals surface area contributed by atoms with Crippen LogP contribution in [-0.4, -0.2) is 39.4 Å². The maximum absolute atomic E-state index is 13.2. The van der Waals surface area contributed by atoms with Crippen LogP contribution in [0.2, 0.25) is 0 Å². The molecule has 24 heavy (non-hydrogen) atoms. The van der Waals surface area contributed by atoms with E-state index in [2.05, 4.69) is 33.9 Å². The number of para-hydroxylation sites is 1. The highest BCUT2D eigenvalue weighted by Gasteiger charge is 2.36. The fourth-order valence-electron chi connectivity index (χ4n) is 3.86. The summed E-state index contributed by atoms with van der Waals surface area (Å²) in [4.78, 5) is 25.9. The van der Waals surface area contributed by atoms with Gasteiger partial charge in [0.2, 0.25) is 5.91 Å². The summed E-state index contributed by atoms with van der Waals surface area (Å²) in [7, 11) is 0. The van der Waals surface area contributed by atoms with Gasteiger partial charge in [-0.2, -0.15) is 0 Å². The molecule has 2 aromatic rings. The number of rotatable bonds is 2. The summed E-state index contributed by atoms with van der Waals surface area (Å²) >= 11 is 0. The fourth-order valence-corrected chi connectivity index (χ4v) is 3.86. The zero-order valence-electron chi connectivity index (χ0n) is 14.1. The van der Waals surface area contributed by atoms with Crippen LogP contribution < -0.4 is 4.90 Å². The van der Waals surface area contributed by atoms with Crippen molar-refractivity contribution in [3.63, 3.8) is 0 Å². The van der Waals surface area contributed by atoms with E-state index in [0.29, 0.717) is 6.54 Å². The van der Waals surface area contributed by atoms with Crippen LogP contribution in [0, 0.1) is 0 Å². The van der Waals surface area contributed by atoms with Gasteiger partial charge in [0.15, 0.2) is 0 Å². The highest BCUT2D eigenvalue weighted by Crippen LogP contribution is 2.33. The molecule has 0 saturated heterocycles. The quantitative estimate of drug-likeness (QED) is 0.850. The number of aromatic nitrogens is 2. The summed E-state index contributed by atoms with van der Waals surface area (Å²) in [5.41, 5.74) is 4.59. The number of nitrogens with zero attached hydrogens (tertiary/aromatic N) is 4. The zero-order valence-corrected chi connectivity index (χ0v) is 14.1. The first kappa shape index (κ1) is 15.3. The molecule has 4 rings (SSSR count). The minimum Gasteiger partial charge on any atom is -0.308 e. The first-order valence-electron chi connectivity index (χ1n) is 8.58. The molecule has 1 aromatic heterocycles. The Bertz CT molecular complexity index is 775. The Morgan fingerprint density at radius 1 is 1.29 bits per heavy atom. The predicted octanol–water partition coefficient (Wildman–Crippen LogP) is 2.20. The molecule has 1 aromatic carbocycles. The number of hydrogen-bond donors (Lipinski definition) is 0. The molecule has 2 unspecified atom stereocenters. The van der Waals surface area contributed by atoms with Gasteiger partial charge in [0.05, 0.1) is 11.7 Å². The normalized spacial score (nSPS) is 21.2. The van der Waals surface area contributed by atoms with Crippen LogP contribution in [0.5, 0.6) is 0 Å². The smallest absolute Gasteiger partial charge is 0.244 e. The van der Waals surface area contributed by atoms with Crippen molar-refractivity contribution < 1.29 is 4.79 Å². The van der Waals surface area contributed by atoms with E-state index in [9.17, 15) is 4.79 Å². The highest BCUT2D eigenvalue weighted by atomic mass is 16.2. The SMILES string of the molecule is CC(C(=O)N1c2ccccc2CC1C)N1CCc2cncnc2C1. The van der Waals surface area contributed by atoms with Crippen molar-refractivity contribution in [2.24, 2.45) is 0 Å². The Labute approximate surface area is 142 Å². The summed E-state index contributed by atoms with van der Waals surface area (Å²) in [6, 6.07) is 8.30. The lowest BCUT2D eigenvalue weighted by Crippen LogP contribution is -2.50.